The summed E-state index contributed by atoms with van der Waals surface area (Å²) in [7, 11) is 0. The molecule has 0 saturated carbocycles. The predicted molar refractivity (Wildman–Crippen MR) is 78.1 cm³/mol. The highest BCUT2D eigenvalue weighted by Gasteiger charge is 2.08. The Labute approximate surface area is 118 Å². The third-order valence-electron chi connectivity index (χ3n) is 2.91. The summed E-state index contributed by atoms with van der Waals surface area (Å²) in [6, 6.07) is 14.7. The van der Waals surface area contributed by atoms with E-state index in [9.17, 15) is 4.79 Å². The third kappa shape index (κ3) is 3.48. The Morgan fingerprint density at radius 1 is 1.20 bits per heavy atom. The zero-order valence-electron chi connectivity index (χ0n) is 11.1. The van der Waals surface area contributed by atoms with Crippen molar-refractivity contribution in [1.82, 2.24) is 0 Å². The van der Waals surface area contributed by atoms with Crippen LogP contribution in [0, 0.1) is 0 Å². The lowest BCUT2D eigenvalue weighted by molar-refractivity contribution is 0.0696. The zero-order valence-corrected chi connectivity index (χ0v) is 11.1. The van der Waals surface area contributed by atoms with Gasteiger partial charge in [0.25, 0.3) is 0 Å². The molecule has 3 heteroatoms. The van der Waals surface area contributed by atoms with Crippen LogP contribution < -0.4 is 4.74 Å². The summed E-state index contributed by atoms with van der Waals surface area (Å²) in [5.74, 6) is -0.247. The smallest absolute Gasteiger partial charge is 0.335 e. The molecular formula is C17H16O3. The second kappa shape index (κ2) is 6.57. The highest BCUT2D eigenvalue weighted by molar-refractivity contribution is 5.88. The molecule has 0 fully saturated rings. The van der Waals surface area contributed by atoms with Crippen LogP contribution >= 0.6 is 0 Å². The maximum atomic E-state index is 11.0. The fourth-order valence-corrected chi connectivity index (χ4v) is 1.90. The number of carboxylic acid groups (broad SMARTS) is 1. The average molecular weight is 268 g/mol. The number of hydrogen-bond donors (Lipinski definition) is 1. The van der Waals surface area contributed by atoms with Crippen molar-refractivity contribution in [3.63, 3.8) is 0 Å². The van der Waals surface area contributed by atoms with Gasteiger partial charge in [0.2, 0.25) is 0 Å². The highest BCUT2D eigenvalue weighted by atomic mass is 16.5. The first-order chi connectivity index (χ1) is 9.70. The van der Waals surface area contributed by atoms with Crippen LogP contribution in [0.1, 0.15) is 21.5 Å². The molecule has 3 nitrogen and oxygen atoms in total. The molecule has 2 aromatic carbocycles. The van der Waals surface area contributed by atoms with Crippen LogP contribution in [0.5, 0.6) is 5.75 Å². The van der Waals surface area contributed by atoms with E-state index < -0.39 is 5.97 Å². The Kier molecular flexibility index (Phi) is 4.56. The number of carboxylic acids is 1. The topological polar surface area (TPSA) is 46.5 Å². The van der Waals surface area contributed by atoms with E-state index in [4.69, 9.17) is 9.84 Å². The summed E-state index contributed by atoms with van der Waals surface area (Å²) in [4.78, 5) is 11.0. The first kappa shape index (κ1) is 13.9. The highest BCUT2D eigenvalue weighted by Crippen LogP contribution is 2.22. The van der Waals surface area contributed by atoms with Gasteiger partial charge in [-0.3, -0.25) is 0 Å². The van der Waals surface area contributed by atoms with Crippen molar-refractivity contribution < 1.29 is 14.6 Å². The van der Waals surface area contributed by atoms with Crippen LogP contribution in [0.3, 0.4) is 0 Å². The molecule has 0 radical (unpaired) electrons. The van der Waals surface area contributed by atoms with Crippen LogP contribution in [0.15, 0.2) is 61.2 Å². The number of benzene rings is 2. The Morgan fingerprint density at radius 2 is 1.95 bits per heavy atom. The lowest BCUT2D eigenvalue weighted by atomic mass is 10.1. The van der Waals surface area contributed by atoms with Gasteiger partial charge in [0.15, 0.2) is 0 Å². The SMILES string of the molecule is C=CCc1cc(C(=O)O)ccc1OCc1ccccc1. The number of carbonyl (C=O) groups is 1. The van der Waals surface area contributed by atoms with Crippen molar-refractivity contribution in [1.29, 1.82) is 0 Å². The first-order valence-electron chi connectivity index (χ1n) is 6.34. The van der Waals surface area contributed by atoms with Gasteiger partial charge in [0.05, 0.1) is 5.56 Å². The minimum absolute atomic E-state index is 0.258. The molecule has 0 aliphatic heterocycles. The zero-order chi connectivity index (χ0) is 14.4. The molecule has 20 heavy (non-hydrogen) atoms. The standard InChI is InChI=1S/C17H16O3/c1-2-6-14-11-15(17(18)19)9-10-16(14)20-12-13-7-4-3-5-8-13/h2-5,7-11H,1,6,12H2,(H,18,19). The van der Waals surface area contributed by atoms with Gasteiger partial charge in [0, 0.05) is 0 Å². The molecule has 0 bridgehead atoms. The van der Waals surface area contributed by atoms with E-state index in [-0.39, 0.29) is 5.56 Å². The maximum Gasteiger partial charge on any atom is 0.335 e. The molecule has 0 aromatic heterocycles. The van der Waals surface area contributed by atoms with Gasteiger partial charge in [-0.25, -0.2) is 4.79 Å². The molecule has 0 amide bonds. The summed E-state index contributed by atoms with van der Waals surface area (Å²) >= 11 is 0. The van der Waals surface area contributed by atoms with E-state index in [0.717, 1.165) is 11.1 Å². The normalized spacial score (nSPS) is 10.0. The molecule has 0 heterocycles. The molecule has 0 saturated heterocycles. The monoisotopic (exact) mass is 268 g/mol. The van der Waals surface area contributed by atoms with Gasteiger partial charge in [-0.15, -0.1) is 6.58 Å². The number of allylic oxidation sites excluding steroid dienone is 1. The summed E-state index contributed by atoms with van der Waals surface area (Å²) < 4.78 is 5.77. The Hall–Kier alpha value is -2.55. The minimum Gasteiger partial charge on any atom is -0.489 e. The van der Waals surface area contributed by atoms with E-state index in [1.165, 1.54) is 0 Å². The number of aromatic carboxylic acids is 1. The van der Waals surface area contributed by atoms with E-state index >= 15 is 0 Å². The molecule has 0 atom stereocenters. The molecular weight excluding hydrogens is 252 g/mol. The molecule has 1 N–H and O–H groups in total. The molecule has 0 aliphatic rings. The second-order valence-electron chi connectivity index (χ2n) is 4.39. The van der Waals surface area contributed by atoms with Crippen molar-refractivity contribution in [2.75, 3.05) is 0 Å². The predicted octanol–water partition coefficient (Wildman–Crippen LogP) is 3.69. The number of ether oxygens (including phenoxy) is 1. The summed E-state index contributed by atoms with van der Waals surface area (Å²) in [6.45, 7) is 4.14. The summed E-state index contributed by atoms with van der Waals surface area (Å²) in [5, 5.41) is 9.01. The molecule has 0 unspecified atom stereocenters. The summed E-state index contributed by atoms with van der Waals surface area (Å²) in [5.41, 5.74) is 2.16. The fourth-order valence-electron chi connectivity index (χ4n) is 1.90. The Morgan fingerprint density at radius 3 is 2.60 bits per heavy atom. The van der Waals surface area contributed by atoms with Gasteiger partial charge in [-0.05, 0) is 35.7 Å². The third-order valence-corrected chi connectivity index (χ3v) is 2.91. The van der Waals surface area contributed by atoms with Crippen molar-refractivity contribution in [3.8, 4) is 5.75 Å². The van der Waals surface area contributed by atoms with Crippen LogP contribution in [0.25, 0.3) is 0 Å². The van der Waals surface area contributed by atoms with Gasteiger partial charge in [0.1, 0.15) is 12.4 Å². The van der Waals surface area contributed by atoms with Gasteiger partial charge in [-0.2, -0.15) is 0 Å². The Bertz CT molecular complexity index is 603. The van der Waals surface area contributed by atoms with Crippen LogP contribution in [-0.4, -0.2) is 11.1 Å². The van der Waals surface area contributed by atoms with Crippen LogP contribution in [0.4, 0.5) is 0 Å². The number of rotatable bonds is 6. The van der Waals surface area contributed by atoms with E-state index in [2.05, 4.69) is 6.58 Å². The minimum atomic E-state index is -0.940. The molecule has 0 aliphatic carbocycles. The van der Waals surface area contributed by atoms with Crippen molar-refractivity contribution >= 4 is 5.97 Å². The van der Waals surface area contributed by atoms with Crippen LogP contribution in [-0.2, 0) is 13.0 Å². The molecule has 0 spiro atoms. The van der Waals surface area contributed by atoms with Crippen molar-refractivity contribution in [2.45, 2.75) is 13.0 Å². The average Bonchev–Trinajstić information content (AvgIpc) is 2.47. The van der Waals surface area contributed by atoms with Crippen molar-refractivity contribution in [3.05, 3.63) is 77.9 Å². The van der Waals surface area contributed by atoms with Crippen molar-refractivity contribution in [2.24, 2.45) is 0 Å². The lowest BCUT2D eigenvalue weighted by Crippen LogP contribution is -2.02. The maximum absolute atomic E-state index is 11.0. The molecule has 102 valence electrons. The Balaban J connectivity index is 2.18. The van der Waals surface area contributed by atoms with E-state index in [1.54, 1.807) is 24.3 Å². The number of hydrogen-bond acceptors (Lipinski definition) is 2. The van der Waals surface area contributed by atoms with Gasteiger partial charge in [-0.1, -0.05) is 36.4 Å². The molecule has 2 rings (SSSR count). The quantitative estimate of drug-likeness (QED) is 0.813. The fraction of sp³-hybridized carbons (Fsp3) is 0.118. The second-order valence-corrected chi connectivity index (χ2v) is 4.39. The van der Waals surface area contributed by atoms with Gasteiger partial charge < -0.3 is 9.84 Å². The summed E-state index contributed by atoms with van der Waals surface area (Å²) in [6.07, 6.45) is 2.31. The first-order valence-corrected chi connectivity index (χ1v) is 6.34. The molecule has 2 aromatic rings. The van der Waals surface area contributed by atoms with Crippen LogP contribution in [0.2, 0.25) is 0 Å². The lowest BCUT2D eigenvalue weighted by Gasteiger charge is -2.11. The largest absolute Gasteiger partial charge is 0.489 e. The van der Waals surface area contributed by atoms with Gasteiger partial charge >= 0.3 is 5.97 Å². The van der Waals surface area contributed by atoms with E-state index in [0.29, 0.717) is 18.8 Å². The van der Waals surface area contributed by atoms with E-state index in [1.807, 2.05) is 30.3 Å².